The molecule has 1 aromatic carbocycles. The van der Waals surface area contributed by atoms with E-state index in [2.05, 4.69) is 19.9 Å². The molecule has 4 aromatic rings. The minimum absolute atomic E-state index is 0. The number of benzene rings is 1. The molecule has 0 radical (unpaired) electrons. The van der Waals surface area contributed by atoms with Gasteiger partial charge in [0.25, 0.3) is 0 Å². The summed E-state index contributed by atoms with van der Waals surface area (Å²) in [5.41, 5.74) is 3.50. The number of aryl methyl sites for hydroxylation is 1. The lowest BCUT2D eigenvalue weighted by Gasteiger charge is -2.31. The van der Waals surface area contributed by atoms with Crippen molar-refractivity contribution in [3.05, 3.63) is 76.6 Å². The number of carbonyl (C=O) groups is 1. The molecule has 0 aliphatic carbocycles. The second-order valence-corrected chi connectivity index (χ2v) is 11.2. The average molecular weight is 669 g/mol. The van der Waals surface area contributed by atoms with Gasteiger partial charge in [-0.15, -0.1) is 24.8 Å². The molecule has 230 valence electrons. The summed E-state index contributed by atoms with van der Waals surface area (Å²) in [4.78, 5) is 33.2. The van der Waals surface area contributed by atoms with E-state index in [9.17, 15) is 4.79 Å². The molecule has 10 nitrogen and oxygen atoms in total. The maximum atomic E-state index is 11.1. The maximum Gasteiger partial charge on any atom is 0.303 e. The van der Waals surface area contributed by atoms with Gasteiger partial charge in [-0.3, -0.25) is 9.69 Å². The van der Waals surface area contributed by atoms with Crippen LogP contribution in [0.2, 0.25) is 10.0 Å². The first-order valence-electron chi connectivity index (χ1n) is 13.3. The maximum absolute atomic E-state index is 11.1. The van der Waals surface area contributed by atoms with E-state index in [-0.39, 0.29) is 37.2 Å². The largest absolute Gasteiger partial charge is 0.481 e. The molecule has 0 spiro atoms. The van der Waals surface area contributed by atoms with E-state index in [1.54, 1.807) is 24.8 Å². The number of aromatic nitrogens is 5. The Balaban J connectivity index is 0.00000253. The van der Waals surface area contributed by atoms with Gasteiger partial charge >= 0.3 is 5.97 Å². The molecule has 5 rings (SSSR count). The second kappa shape index (κ2) is 15.5. The number of carboxylic acids is 1. The topological polar surface area (TPSA) is 110 Å². The smallest absolute Gasteiger partial charge is 0.303 e. The number of aliphatic carboxylic acids is 1. The molecule has 0 unspecified atom stereocenters. The minimum Gasteiger partial charge on any atom is -0.481 e. The summed E-state index contributed by atoms with van der Waals surface area (Å²) in [6.07, 6.45) is 8.76. The lowest BCUT2D eigenvalue weighted by molar-refractivity contribution is -0.138. The number of ether oxygens (including phenoxy) is 1. The van der Waals surface area contributed by atoms with E-state index in [0.717, 1.165) is 42.8 Å². The van der Waals surface area contributed by atoms with E-state index in [1.165, 1.54) is 0 Å². The number of halogens is 4. The molecule has 0 atom stereocenters. The Labute approximate surface area is 272 Å². The molecule has 3 aromatic heterocycles. The zero-order valence-electron chi connectivity index (χ0n) is 23.7. The predicted molar refractivity (Wildman–Crippen MR) is 172 cm³/mol. The number of hydrogen-bond donors (Lipinski definition) is 1. The first kappa shape index (κ1) is 34.3. The van der Waals surface area contributed by atoms with E-state index in [1.807, 2.05) is 54.0 Å². The van der Waals surface area contributed by atoms with Crippen molar-refractivity contribution in [3.8, 4) is 22.9 Å². The Bertz CT molecular complexity index is 1490. The van der Waals surface area contributed by atoms with Crippen molar-refractivity contribution in [1.29, 1.82) is 0 Å². The fourth-order valence-electron chi connectivity index (χ4n) is 4.94. The molecule has 1 fully saturated rings. The summed E-state index contributed by atoms with van der Waals surface area (Å²) in [6.45, 7) is 2.94. The van der Waals surface area contributed by atoms with Crippen molar-refractivity contribution in [2.24, 2.45) is 13.0 Å². The van der Waals surface area contributed by atoms with E-state index < -0.39 is 5.97 Å². The number of rotatable bonds is 10. The molecule has 1 aliphatic rings. The van der Waals surface area contributed by atoms with Crippen LogP contribution in [-0.4, -0.2) is 60.6 Å². The number of imidazole rings is 1. The minimum atomic E-state index is -0.735. The van der Waals surface area contributed by atoms with Crippen LogP contribution in [0, 0.1) is 5.92 Å². The lowest BCUT2D eigenvalue weighted by atomic mass is 9.93. The van der Waals surface area contributed by atoms with Crippen LogP contribution in [0.3, 0.4) is 0 Å². The zero-order valence-corrected chi connectivity index (χ0v) is 26.8. The third-order valence-electron chi connectivity index (χ3n) is 7.09. The first-order valence-corrected chi connectivity index (χ1v) is 14.1. The molecule has 0 saturated carbocycles. The molecule has 1 aliphatic heterocycles. The summed E-state index contributed by atoms with van der Waals surface area (Å²) in [5, 5.41) is 10.2. The Kier molecular flexibility index (Phi) is 12.4. The van der Waals surface area contributed by atoms with Gasteiger partial charge in [0.2, 0.25) is 11.8 Å². The van der Waals surface area contributed by atoms with Crippen LogP contribution < -0.4 is 9.64 Å². The molecule has 1 saturated heterocycles. The van der Waals surface area contributed by atoms with Gasteiger partial charge in [0.15, 0.2) is 5.75 Å². The van der Waals surface area contributed by atoms with Crippen LogP contribution in [0.15, 0.2) is 55.2 Å². The normalized spacial score (nSPS) is 13.6. The summed E-state index contributed by atoms with van der Waals surface area (Å²) < 4.78 is 8.09. The third kappa shape index (κ3) is 9.42. The zero-order chi connectivity index (χ0) is 28.9. The van der Waals surface area contributed by atoms with Gasteiger partial charge in [0, 0.05) is 54.9 Å². The van der Waals surface area contributed by atoms with Crippen molar-refractivity contribution in [1.82, 2.24) is 29.4 Å². The van der Waals surface area contributed by atoms with Crippen molar-refractivity contribution in [3.63, 3.8) is 0 Å². The van der Waals surface area contributed by atoms with Crippen molar-refractivity contribution in [2.45, 2.75) is 32.4 Å². The number of hydrogen-bond acceptors (Lipinski definition) is 8. The quantitative estimate of drug-likeness (QED) is 0.201. The number of nitrogens with zero attached hydrogens (tertiary/aromatic N) is 7. The molecule has 43 heavy (non-hydrogen) atoms. The van der Waals surface area contributed by atoms with Gasteiger partial charge in [-0.2, -0.15) is 0 Å². The number of likely N-dealkylation sites (tertiary alicyclic amines) is 1. The molecular weight excluding hydrogens is 636 g/mol. The van der Waals surface area contributed by atoms with Crippen LogP contribution in [0.5, 0.6) is 11.6 Å². The Morgan fingerprint density at radius 3 is 2.33 bits per heavy atom. The van der Waals surface area contributed by atoms with Gasteiger partial charge in [-0.05, 0) is 61.7 Å². The number of carboxylic acid groups (broad SMARTS) is 1. The summed E-state index contributed by atoms with van der Waals surface area (Å²) in [5.74, 6) is 0.892. The Morgan fingerprint density at radius 1 is 1.05 bits per heavy atom. The monoisotopic (exact) mass is 667 g/mol. The molecular formula is C29H33Cl4N7O3. The van der Waals surface area contributed by atoms with Crippen LogP contribution in [0.25, 0.3) is 11.3 Å². The van der Waals surface area contributed by atoms with Crippen LogP contribution in [0.1, 0.15) is 30.5 Å². The number of pyridine rings is 1. The van der Waals surface area contributed by atoms with Gasteiger partial charge in [-0.1, -0.05) is 23.2 Å². The molecule has 0 bridgehead atoms. The van der Waals surface area contributed by atoms with E-state index in [4.69, 9.17) is 38.0 Å². The van der Waals surface area contributed by atoms with E-state index >= 15 is 0 Å². The first-order chi connectivity index (χ1) is 19.7. The SMILES string of the molecule is CN(Cc1cncn1C)c1ncc(Oc2cc(CN3CCC(CC(=O)O)CC3)cc(-c3cc(Cl)cc(Cl)c3)n2)cn1.Cl.Cl. The highest BCUT2D eigenvalue weighted by atomic mass is 35.5. The summed E-state index contributed by atoms with van der Waals surface area (Å²) in [7, 11) is 3.86. The van der Waals surface area contributed by atoms with Crippen molar-refractivity contribution in [2.75, 3.05) is 25.0 Å². The summed E-state index contributed by atoms with van der Waals surface area (Å²) >= 11 is 12.6. The standard InChI is InChI=1S/C29H31Cl2N7O3.2ClH/c1-36(17-24-13-32-18-37(24)2)29-33-14-25(15-34-29)41-27-8-20(16-38-5-3-19(4-6-38)9-28(39)40)7-26(35-27)21-10-22(30)12-23(31)11-21;;/h7-8,10-15,18-19H,3-6,9,16-17H2,1-2H3,(H,39,40);2*1H. The van der Waals surface area contributed by atoms with Gasteiger partial charge in [-0.25, -0.2) is 19.9 Å². The summed E-state index contributed by atoms with van der Waals surface area (Å²) in [6, 6.07) is 9.22. The number of anilines is 1. The van der Waals surface area contributed by atoms with Crippen molar-refractivity contribution >= 4 is 59.9 Å². The molecule has 4 heterocycles. The molecule has 1 N–H and O–H groups in total. The van der Waals surface area contributed by atoms with Gasteiger partial charge < -0.3 is 19.3 Å². The van der Waals surface area contributed by atoms with Gasteiger partial charge in [0.1, 0.15) is 0 Å². The highest BCUT2D eigenvalue weighted by molar-refractivity contribution is 6.35. The van der Waals surface area contributed by atoms with E-state index in [0.29, 0.717) is 46.4 Å². The Morgan fingerprint density at radius 2 is 1.72 bits per heavy atom. The average Bonchev–Trinajstić information content (AvgIpc) is 3.33. The second-order valence-electron chi connectivity index (χ2n) is 10.3. The van der Waals surface area contributed by atoms with Crippen LogP contribution in [-0.2, 0) is 24.9 Å². The van der Waals surface area contributed by atoms with Crippen LogP contribution >= 0.6 is 48.0 Å². The lowest BCUT2D eigenvalue weighted by Crippen LogP contribution is -2.33. The van der Waals surface area contributed by atoms with Crippen molar-refractivity contribution < 1.29 is 14.6 Å². The molecule has 0 amide bonds. The fraction of sp³-hybridized carbons (Fsp3) is 0.345. The molecule has 14 heteroatoms. The Hall–Kier alpha value is -3.15. The number of piperidine rings is 1. The van der Waals surface area contributed by atoms with Gasteiger partial charge in [0.05, 0.1) is 36.7 Å². The highest BCUT2D eigenvalue weighted by Gasteiger charge is 2.22. The predicted octanol–water partition coefficient (Wildman–Crippen LogP) is 6.54. The third-order valence-corrected chi connectivity index (χ3v) is 7.53. The van der Waals surface area contributed by atoms with Crippen LogP contribution in [0.4, 0.5) is 5.95 Å². The highest BCUT2D eigenvalue weighted by Crippen LogP contribution is 2.31. The fourth-order valence-corrected chi connectivity index (χ4v) is 5.46.